The first-order chi connectivity index (χ1) is 28.3. The van der Waals surface area contributed by atoms with Gasteiger partial charge < -0.3 is 9.88 Å². The van der Waals surface area contributed by atoms with Crippen LogP contribution in [0.1, 0.15) is 34.3 Å². The molecular weight excluding hydrogens is 713 g/mol. The van der Waals surface area contributed by atoms with E-state index in [0.717, 1.165) is 28.4 Å². The predicted octanol–water partition coefficient (Wildman–Crippen LogP) is 13.3. The molecule has 11 aromatic rings. The number of hydrogen-bond acceptors (Lipinski definition) is 3. The van der Waals surface area contributed by atoms with Gasteiger partial charge in [-0.3, -0.25) is 4.57 Å². The third-order valence-corrected chi connectivity index (χ3v) is 14.2. The Bertz CT molecular complexity index is 3560. The summed E-state index contributed by atoms with van der Waals surface area (Å²) in [6, 6.07) is 60.8. The van der Waals surface area contributed by atoms with Gasteiger partial charge in [-0.05, 0) is 80.9 Å². The maximum absolute atomic E-state index is 5.53. The predicted molar refractivity (Wildman–Crippen MR) is 238 cm³/mol. The molecule has 0 amide bonds. The molecule has 0 saturated carbocycles. The van der Waals surface area contributed by atoms with Crippen LogP contribution in [0.25, 0.3) is 86.7 Å². The van der Waals surface area contributed by atoms with Crippen LogP contribution in [-0.2, 0) is 6.42 Å². The second kappa shape index (κ2) is 10.9. The van der Waals surface area contributed by atoms with Crippen LogP contribution in [0.15, 0.2) is 169 Å². The Labute approximate surface area is 331 Å². The van der Waals surface area contributed by atoms with Crippen LogP contribution < -0.4 is 5.32 Å². The number of rotatable bonds is 1. The molecule has 14 rings (SSSR count). The van der Waals surface area contributed by atoms with Crippen molar-refractivity contribution in [3.8, 4) is 22.3 Å². The minimum Gasteiger partial charge on any atom is -0.331 e. The fraction of sp³-hybridized carbons (Fsp3) is 0.0577. The first-order valence-corrected chi connectivity index (χ1v) is 20.7. The van der Waals surface area contributed by atoms with Gasteiger partial charge in [-0.1, -0.05) is 133 Å². The molecule has 0 bridgehead atoms. The molecule has 0 saturated heterocycles. The summed E-state index contributed by atoms with van der Waals surface area (Å²) >= 11 is 1.79. The minimum atomic E-state index is -0.238. The molecule has 3 aromatic heterocycles. The molecule has 4 nitrogen and oxygen atoms in total. The normalized spacial score (nSPS) is 16.6. The fourth-order valence-electron chi connectivity index (χ4n) is 10.9. The number of hydrogen-bond donors (Lipinski definition) is 1. The Morgan fingerprint density at radius 1 is 0.544 bits per heavy atom. The summed E-state index contributed by atoms with van der Waals surface area (Å²) < 4.78 is 6.23. The lowest BCUT2D eigenvalue weighted by atomic mass is 9.77. The Balaban J connectivity index is 1.13. The zero-order valence-corrected chi connectivity index (χ0v) is 31.5. The van der Waals surface area contributed by atoms with Crippen molar-refractivity contribution in [2.24, 2.45) is 4.99 Å². The van der Waals surface area contributed by atoms with Crippen LogP contribution in [0.3, 0.4) is 0 Å². The van der Waals surface area contributed by atoms with Gasteiger partial charge in [-0.25, -0.2) is 4.99 Å². The molecule has 57 heavy (non-hydrogen) atoms. The highest BCUT2D eigenvalue weighted by Gasteiger charge is 2.40. The number of fused-ring (bicyclic) bond motifs is 17. The highest BCUT2D eigenvalue weighted by atomic mass is 32.1. The molecule has 4 heterocycles. The second-order valence-electron chi connectivity index (χ2n) is 15.8. The van der Waals surface area contributed by atoms with Crippen LogP contribution >= 0.6 is 11.3 Å². The van der Waals surface area contributed by atoms with E-state index < -0.39 is 0 Å². The second-order valence-corrected chi connectivity index (χ2v) is 16.9. The van der Waals surface area contributed by atoms with E-state index in [2.05, 4.69) is 178 Å². The summed E-state index contributed by atoms with van der Waals surface area (Å²) in [4.78, 5) is 5.53. The molecule has 2 atom stereocenters. The van der Waals surface area contributed by atoms with Crippen LogP contribution in [0.5, 0.6) is 0 Å². The first kappa shape index (κ1) is 30.3. The zero-order valence-electron chi connectivity index (χ0n) is 30.7. The largest absolute Gasteiger partial charge is 0.331 e. The Morgan fingerprint density at radius 2 is 1.19 bits per heavy atom. The highest BCUT2D eigenvalue weighted by Crippen LogP contribution is 2.59. The summed E-state index contributed by atoms with van der Waals surface area (Å²) in [5.74, 6) is 1.13. The van der Waals surface area contributed by atoms with Gasteiger partial charge in [0.2, 0.25) is 5.96 Å². The number of aliphatic imine (C=N–C) groups is 1. The lowest BCUT2D eigenvalue weighted by Crippen LogP contribution is -2.39. The van der Waals surface area contributed by atoms with Crippen LogP contribution in [0, 0.1) is 0 Å². The number of thiophene rings is 1. The Hall–Kier alpha value is -6.95. The Morgan fingerprint density at radius 3 is 2.00 bits per heavy atom. The molecule has 5 heteroatoms. The number of nitrogens with zero attached hydrogens (tertiary/aromatic N) is 3. The molecule has 0 spiro atoms. The fourth-order valence-corrected chi connectivity index (χ4v) is 12.0. The third-order valence-electron chi connectivity index (χ3n) is 13.1. The van der Waals surface area contributed by atoms with Gasteiger partial charge in [0.25, 0.3) is 0 Å². The summed E-state index contributed by atoms with van der Waals surface area (Å²) in [5.41, 5.74) is 15.9. The molecule has 2 aliphatic carbocycles. The molecule has 0 fully saturated rings. The average Bonchev–Trinajstić information content (AvgIpc) is 4.00. The molecule has 3 aliphatic rings. The van der Waals surface area contributed by atoms with Gasteiger partial charge in [-0.15, -0.1) is 11.3 Å². The molecular formula is C52H32N4S. The first-order valence-electron chi connectivity index (χ1n) is 19.9. The van der Waals surface area contributed by atoms with Crippen molar-refractivity contribution in [3.63, 3.8) is 0 Å². The van der Waals surface area contributed by atoms with E-state index >= 15 is 0 Å². The van der Waals surface area contributed by atoms with Crippen molar-refractivity contribution in [1.29, 1.82) is 0 Å². The van der Waals surface area contributed by atoms with Crippen molar-refractivity contribution in [3.05, 3.63) is 186 Å². The van der Waals surface area contributed by atoms with Crippen LogP contribution in [0.2, 0.25) is 0 Å². The van der Waals surface area contributed by atoms with E-state index in [-0.39, 0.29) is 12.1 Å². The van der Waals surface area contributed by atoms with Gasteiger partial charge in [0, 0.05) is 48.7 Å². The van der Waals surface area contributed by atoms with Gasteiger partial charge in [0.05, 0.1) is 22.1 Å². The van der Waals surface area contributed by atoms with E-state index in [1.54, 1.807) is 11.3 Å². The average molecular weight is 745 g/mol. The topological polar surface area (TPSA) is 34.2 Å². The lowest BCUT2D eigenvalue weighted by Gasteiger charge is -2.31. The number of aromatic nitrogens is 2. The van der Waals surface area contributed by atoms with Crippen LogP contribution in [0.4, 0.5) is 5.00 Å². The van der Waals surface area contributed by atoms with E-state index in [9.17, 15) is 0 Å². The zero-order chi connectivity index (χ0) is 36.9. The number of para-hydroxylation sites is 3. The van der Waals surface area contributed by atoms with E-state index in [0.29, 0.717) is 0 Å². The lowest BCUT2D eigenvalue weighted by molar-refractivity contribution is 0.576. The monoisotopic (exact) mass is 744 g/mol. The highest BCUT2D eigenvalue weighted by molar-refractivity contribution is 7.22. The summed E-state index contributed by atoms with van der Waals surface area (Å²) in [5, 5.41) is 14.1. The van der Waals surface area contributed by atoms with Gasteiger partial charge >= 0.3 is 0 Å². The third kappa shape index (κ3) is 3.84. The maximum Gasteiger partial charge on any atom is 0.211 e. The van der Waals surface area contributed by atoms with E-state index in [4.69, 9.17) is 4.99 Å². The Kier molecular flexibility index (Phi) is 5.78. The smallest absolute Gasteiger partial charge is 0.211 e. The molecule has 0 radical (unpaired) electrons. The van der Waals surface area contributed by atoms with E-state index in [1.165, 1.54) is 97.9 Å². The number of nitrogens with one attached hydrogen (secondary N) is 1. The summed E-state index contributed by atoms with van der Waals surface area (Å²) in [7, 11) is 0. The molecule has 266 valence electrons. The van der Waals surface area contributed by atoms with Crippen molar-refractivity contribution in [1.82, 2.24) is 14.5 Å². The van der Waals surface area contributed by atoms with Crippen LogP contribution in [-0.4, -0.2) is 15.1 Å². The standard InChI is InChI=1S/C52H32N4S/c1-3-15-31-29(13-1)25-26-36-38-27-30-14-2-4-16-32(30)47-46(38)40(45(31)36)28-39-35-19-7-11-23-43(35)56(49(39)47)50-48-37-20-8-12-24-44(37)57-51(48)54-52(53-50)55-41-21-9-5-17-33(41)34-18-6-10-22-42(34)55/h1-26,28,38,50H,27H2,(H,53,54). The van der Waals surface area contributed by atoms with E-state index in [1.807, 2.05) is 0 Å². The molecule has 2 unspecified atom stereocenters. The van der Waals surface area contributed by atoms with Gasteiger partial charge in [-0.2, -0.15) is 0 Å². The van der Waals surface area contributed by atoms with Gasteiger partial charge in [0.15, 0.2) is 0 Å². The maximum atomic E-state index is 5.53. The van der Waals surface area contributed by atoms with Crippen molar-refractivity contribution < 1.29 is 0 Å². The molecule has 8 aromatic carbocycles. The SMILES string of the molecule is c1ccc2c(c1)CC1c3ccc4ccccc4c3-c3cc4c5ccccc5n(C5NC(n6c7ccccc7c7ccccc76)=Nc6sc7ccccc7c65)c4c-2c31. The quantitative estimate of drug-likeness (QED) is 0.178. The molecule has 1 aliphatic heterocycles. The van der Waals surface area contributed by atoms with Crippen molar-refractivity contribution in [2.45, 2.75) is 18.5 Å². The summed E-state index contributed by atoms with van der Waals surface area (Å²) in [6.45, 7) is 0. The van der Waals surface area contributed by atoms with Crippen molar-refractivity contribution >= 4 is 86.8 Å². The molecule has 1 N–H and O–H groups in total. The summed E-state index contributed by atoms with van der Waals surface area (Å²) in [6.07, 6.45) is 0.760. The van der Waals surface area contributed by atoms with Gasteiger partial charge in [0.1, 0.15) is 11.2 Å². The minimum absolute atomic E-state index is 0.238. The van der Waals surface area contributed by atoms with Crippen molar-refractivity contribution in [2.75, 3.05) is 0 Å². The number of benzene rings is 8.